The molecule has 7 nitrogen and oxygen atoms in total. The number of rotatable bonds is 3. The fraction of sp³-hybridized carbons (Fsp3) is 0.438. The molecule has 25 heavy (non-hydrogen) atoms. The van der Waals surface area contributed by atoms with Crippen molar-refractivity contribution in [1.82, 2.24) is 10.3 Å². The molecule has 2 heterocycles. The Labute approximate surface area is 142 Å². The van der Waals surface area contributed by atoms with Gasteiger partial charge in [0.15, 0.2) is 11.9 Å². The zero-order valence-corrected chi connectivity index (χ0v) is 13.6. The van der Waals surface area contributed by atoms with Gasteiger partial charge in [-0.3, -0.25) is 9.59 Å². The number of halogens is 2. The molecule has 1 fully saturated rings. The molecule has 1 atom stereocenters. The third-order valence-corrected chi connectivity index (χ3v) is 4.37. The van der Waals surface area contributed by atoms with Crippen LogP contribution in [-0.4, -0.2) is 41.6 Å². The van der Waals surface area contributed by atoms with Gasteiger partial charge in [0.2, 0.25) is 5.91 Å². The van der Waals surface area contributed by atoms with Gasteiger partial charge in [-0.15, -0.1) is 0 Å². The highest BCUT2D eigenvalue weighted by molar-refractivity contribution is 6.12. The first-order valence-corrected chi connectivity index (χ1v) is 7.94. The summed E-state index contributed by atoms with van der Waals surface area (Å²) >= 11 is 0. The molecular weight excluding hydrogens is 332 g/mol. The first-order chi connectivity index (χ1) is 12.0. The number of piperidine rings is 1. The lowest BCUT2D eigenvalue weighted by atomic mass is 9.88. The van der Waals surface area contributed by atoms with E-state index in [-0.39, 0.29) is 17.5 Å². The first kappa shape index (κ1) is 17.1. The van der Waals surface area contributed by atoms with Crippen molar-refractivity contribution in [3.8, 4) is 0 Å². The molecule has 3 rings (SSSR count). The lowest BCUT2D eigenvalue weighted by molar-refractivity contribution is -0.130. The molecule has 0 aliphatic carbocycles. The standard InChI is InChI=1S/C16H17F2N5O2/c1-9(24)23-6-4-10(5-7-23)14-15(16(25)22-20-14)21-19-13-3-2-11(17)8-12(13)18/h2-3,8,10,15H,4-7H2,1H3,(H,22,25). The lowest BCUT2D eigenvalue weighted by Crippen LogP contribution is -2.41. The van der Waals surface area contributed by atoms with E-state index in [4.69, 9.17) is 0 Å². The summed E-state index contributed by atoms with van der Waals surface area (Å²) in [6.45, 7) is 2.69. The molecule has 1 unspecified atom stereocenters. The summed E-state index contributed by atoms with van der Waals surface area (Å²) in [6, 6.07) is 2.00. The number of hydrazone groups is 1. The van der Waals surface area contributed by atoms with Crippen LogP contribution in [0, 0.1) is 17.6 Å². The van der Waals surface area contributed by atoms with E-state index in [0.29, 0.717) is 37.7 Å². The highest BCUT2D eigenvalue weighted by Crippen LogP contribution is 2.25. The van der Waals surface area contributed by atoms with Gasteiger partial charge in [-0.25, -0.2) is 14.2 Å². The summed E-state index contributed by atoms with van der Waals surface area (Å²) in [5.41, 5.74) is 2.77. The minimum Gasteiger partial charge on any atom is -0.343 e. The molecule has 0 radical (unpaired) electrons. The zero-order valence-electron chi connectivity index (χ0n) is 13.6. The van der Waals surface area contributed by atoms with Crippen LogP contribution < -0.4 is 5.43 Å². The van der Waals surface area contributed by atoms with E-state index in [2.05, 4.69) is 20.8 Å². The number of nitrogens with zero attached hydrogens (tertiary/aromatic N) is 4. The van der Waals surface area contributed by atoms with Crippen LogP contribution in [0.2, 0.25) is 0 Å². The number of benzene rings is 1. The van der Waals surface area contributed by atoms with Crippen molar-refractivity contribution < 1.29 is 18.4 Å². The molecule has 1 N–H and O–H groups in total. The van der Waals surface area contributed by atoms with Gasteiger partial charge in [0.1, 0.15) is 11.5 Å². The van der Waals surface area contributed by atoms with Gasteiger partial charge in [-0.2, -0.15) is 15.3 Å². The van der Waals surface area contributed by atoms with Gasteiger partial charge in [-0.1, -0.05) is 0 Å². The van der Waals surface area contributed by atoms with Gasteiger partial charge in [0, 0.05) is 32.0 Å². The topological polar surface area (TPSA) is 86.5 Å². The number of likely N-dealkylation sites (tertiary alicyclic amines) is 1. The minimum atomic E-state index is -0.932. The molecule has 0 aromatic heterocycles. The third-order valence-electron chi connectivity index (χ3n) is 4.37. The predicted molar refractivity (Wildman–Crippen MR) is 85.2 cm³/mol. The maximum Gasteiger partial charge on any atom is 0.272 e. The Morgan fingerprint density at radius 3 is 2.68 bits per heavy atom. The number of carbonyl (C=O) groups excluding carboxylic acids is 2. The van der Waals surface area contributed by atoms with E-state index in [1.54, 1.807) is 4.90 Å². The quantitative estimate of drug-likeness (QED) is 0.848. The van der Waals surface area contributed by atoms with Crippen molar-refractivity contribution >= 4 is 23.2 Å². The average Bonchev–Trinajstić information content (AvgIpc) is 2.95. The van der Waals surface area contributed by atoms with Gasteiger partial charge in [-0.05, 0) is 25.0 Å². The Kier molecular flexibility index (Phi) is 4.82. The van der Waals surface area contributed by atoms with Crippen molar-refractivity contribution in [2.24, 2.45) is 21.2 Å². The first-order valence-electron chi connectivity index (χ1n) is 7.94. The molecule has 0 spiro atoms. The van der Waals surface area contributed by atoms with Crippen molar-refractivity contribution in [3.63, 3.8) is 0 Å². The number of hydrogen-bond acceptors (Lipinski definition) is 5. The highest BCUT2D eigenvalue weighted by atomic mass is 19.1. The second-order valence-electron chi connectivity index (χ2n) is 6.01. The summed E-state index contributed by atoms with van der Waals surface area (Å²) in [7, 11) is 0. The Morgan fingerprint density at radius 2 is 2.04 bits per heavy atom. The third kappa shape index (κ3) is 3.70. The van der Waals surface area contributed by atoms with Crippen LogP contribution in [0.4, 0.5) is 14.5 Å². The molecule has 2 amide bonds. The Hall–Kier alpha value is -2.71. The Bertz CT molecular complexity index is 757. The number of amides is 2. The van der Waals surface area contributed by atoms with E-state index in [1.165, 1.54) is 6.92 Å². The summed E-state index contributed by atoms with van der Waals surface area (Å²) < 4.78 is 26.6. The smallest absolute Gasteiger partial charge is 0.272 e. The molecule has 1 aromatic carbocycles. The summed E-state index contributed by atoms with van der Waals surface area (Å²) in [4.78, 5) is 25.1. The number of carbonyl (C=O) groups is 2. The Balaban J connectivity index is 1.72. The van der Waals surface area contributed by atoms with Crippen LogP contribution in [0.25, 0.3) is 0 Å². The maximum absolute atomic E-state index is 13.6. The summed E-state index contributed by atoms with van der Waals surface area (Å²) in [5, 5.41) is 11.7. The van der Waals surface area contributed by atoms with Crippen LogP contribution in [0.5, 0.6) is 0 Å². The van der Waals surface area contributed by atoms with E-state index in [0.717, 1.165) is 12.1 Å². The molecule has 2 aliphatic rings. The van der Waals surface area contributed by atoms with Crippen molar-refractivity contribution in [3.05, 3.63) is 29.8 Å². The molecule has 0 saturated carbocycles. The van der Waals surface area contributed by atoms with E-state index in [1.807, 2.05) is 0 Å². The average molecular weight is 349 g/mol. The van der Waals surface area contributed by atoms with Crippen LogP contribution in [0.1, 0.15) is 19.8 Å². The second-order valence-corrected chi connectivity index (χ2v) is 6.01. The van der Waals surface area contributed by atoms with Gasteiger partial charge in [0.25, 0.3) is 5.91 Å². The zero-order chi connectivity index (χ0) is 18.0. The molecule has 9 heteroatoms. The van der Waals surface area contributed by atoms with E-state index < -0.39 is 23.6 Å². The number of azo groups is 1. The molecular formula is C16H17F2N5O2. The number of nitrogens with one attached hydrogen (secondary N) is 1. The highest BCUT2D eigenvalue weighted by Gasteiger charge is 2.37. The monoisotopic (exact) mass is 349 g/mol. The van der Waals surface area contributed by atoms with Crippen molar-refractivity contribution in [2.45, 2.75) is 25.8 Å². The SMILES string of the molecule is CC(=O)N1CCC(C2=NNC(=O)C2N=Nc2ccc(F)cc2F)CC1. The Morgan fingerprint density at radius 1 is 1.32 bits per heavy atom. The summed E-state index contributed by atoms with van der Waals surface area (Å²) in [6.07, 6.45) is 1.34. The molecule has 132 valence electrons. The summed E-state index contributed by atoms with van der Waals surface area (Å²) in [5.74, 6) is -1.99. The predicted octanol–water partition coefficient (Wildman–Crippen LogP) is 2.16. The fourth-order valence-corrected chi connectivity index (χ4v) is 2.97. The van der Waals surface area contributed by atoms with Crippen LogP contribution in [0.15, 0.2) is 33.5 Å². The normalized spacial score (nSPS) is 21.6. The van der Waals surface area contributed by atoms with Gasteiger partial charge >= 0.3 is 0 Å². The van der Waals surface area contributed by atoms with E-state index >= 15 is 0 Å². The number of hydrogen-bond donors (Lipinski definition) is 1. The molecule has 1 saturated heterocycles. The van der Waals surface area contributed by atoms with Crippen LogP contribution >= 0.6 is 0 Å². The minimum absolute atomic E-state index is 0.00318. The second kappa shape index (κ2) is 7.04. The van der Waals surface area contributed by atoms with Crippen LogP contribution in [-0.2, 0) is 9.59 Å². The van der Waals surface area contributed by atoms with Gasteiger partial charge in [0.05, 0.1) is 5.71 Å². The van der Waals surface area contributed by atoms with Crippen molar-refractivity contribution in [2.75, 3.05) is 13.1 Å². The molecule has 1 aromatic rings. The largest absolute Gasteiger partial charge is 0.343 e. The van der Waals surface area contributed by atoms with Crippen molar-refractivity contribution in [1.29, 1.82) is 0 Å². The molecule has 0 bridgehead atoms. The van der Waals surface area contributed by atoms with Gasteiger partial charge < -0.3 is 4.90 Å². The fourth-order valence-electron chi connectivity index (χ4n) is 2.97. The lowest BCUT2D eigenvalue weighted by Gasteiger charge is -2.31. The maximum atomic E-state index is 13.6. The molecule has 2 aliphatic heterocycles. The van der Waals surface area contributed by atoms with E-state index in [9.17, 15) is 18.4 Å². The van der Waals surface area contributed by atoms with Crippen LogP contribution in [0.3, 0.4) is 0 Å².